The number of aromatic carboxylic acids is 1. The number of fused-ring (bicyclic) bond motifs is 1. The maximum Gasteiger partial charge on any atom is 0.343 e. The second-order valence-corrected chi connectivity index (χ2v) is 5.19. The van der Waals surface area contributed by atoms with Crippen LogP contribution in [0.5, 0.6) is 5.75 Å². The van der Waals surface area contributed by atoms with E-state index in [4.69, 9.17) is 20.8 Å². The van der Waals surface area contributed by atoms with Crippen LogP contribution in [0.25, 0.3) is 22.3 Å². The summed E-state index contributed by atoms with van der Waals surface area (Å²) in [4.78, 5) is 24.1. The van der Waals surface area contributed by atoms with E-state index in [2.05, 4.69) is 0 Å². The molecule has 1 N–H and O–H groups in total. The molecule has 23 heavy (non-hydrogen) atoms. The Morgan fingerprint density at radius 1 is 1.22 bits per heavy atom. The Hall–Kier alpha value is -2.79. The molecule has 0 saturated heterocycles. The number of hydrogen-bond donors (Lipinski definition) is 1. The third kappa shape index (κ3) is 2.55. The molecular formula is C17H11ClO5. The van der Waals surface area contributed by atoms with Crippen molar-refractivity contribution in [3.63, 3.8) is 0 Å². The van der Waals surface area contributed by atoms with Gasteiger partial charge in [-0.3, -0.25) is 4.79 Å². The molecular weight excluding hydrogens is 320 g/mol. The second-order valence-electron chi connectivity index (χ2n) is 4.78. The molecule has 0 radical (unpaired) electrons. The number of carboxylic acids is 1. The first-order chi connectivity index (χ1) is 11.0. The van der Waals surface area contributed by atoms with Crippen LogP contribution in [0, 0.1) is 0 Å². The summed E-state index contributed by atoms with van der Waals surface area (Å²) in [6.07, 6.45) is 0. The standard InChI is InChI=1S/C17H11ClO5/c1-22-9-6-7-11-13(8-9)23-16(14(15(11)19)17(20)21)10-4-2-3-5-12(10)18/h2-8H,1H3,(H,20,21). The van der Waals surface area contributed by atoms with Gasteiger partial charge in [-0.15, -0.1) is 0 Å². The van der Waals surface area contributed by atoms with E-state index in [-0.39, 0.29) is 16.7 Å². The van der Waals surface area contributed by atoms with Gasteiger partial charge >= 0.3 is 5.97 Å². The van der Waals surface area contributed by atoms with Gasteiger partial charge in [0, 0.05) is 11.6 Å². The molecule has 0 unspecified atom stereocenters. The molecule has 116 valence electrons. The Morgan fingerprint density at radius 2 is 1.96 bits per heavy atom. The molecule has 0 spiro atoms. The highest BCUT2D eigenvalue weighted by Crippen LogP contribution is 2.32. The van der Waals surface area contributed by atoms with E-state index < -0.39 is 17.0 Å². The molecule has 0 bridgehead atoms. The summed E-state index contributed by atoms with van der Waals surface area (Å²) in [6, 6.07) is 11.2. The van der Waals surface area contributed by atoms with Crippen LogP contribution in [0.1, 0.15) is 10.4 Å². The van der Waals surface area contributed by atoms with Crippen LogP contribution in [0.2, 0.25) is 5.02 Å². The lowest BCUT2D eigenvalue weighted by Gasteiger charge is -2.09. The molecule has 3 rings (SSSR count). The number of carboxylic acid groups (broad SMARTS) is 1. The van der Waals surface area contributed by atoms with Gasteiger partial charge in [0.1, 0.15) is 11.3 Å². The highest BCUT2D eigenvalue weighted by Gasteiger charge is 2.23. The number of hydrogen-bond acceptors (Lipinski definition) is 4. The van der Waals surface area contributed by atoms with Crippen molar-refractivity contribution >= 4 is 28.5 Å². The number of halogens is 1. The van der Waals surface area contributed by atoms with Crippen molar-refractivity contribution in [2.75, 3.05) is 7.11 Å². The normalized spacial score (nSPS) is 10.7. The van der Waals surface area contributed by atoms with Gasteiger partial charge in [-0.2, -0.15) is 0 Å². The van der Waals surface area contributed by atoms with Crippen LogP contribution in [-0.4, -0.2) is 18.2 Å². The van der Waals surface area contributed by atoms with Crippen molar-refractivity contribution in [3.8, 4) is 17.1 Å². The summed E-state index contributed by atoms with van der Waals surface area (Å²) in [6.45, 7) is 0. The monoisotopic (exact) mass is 330 g/mol. The van der Waals surface area contributed by atoms with Gasteiger partial charge in [-0.25, -0.2) is 4.79 Å². The van der Waals surface area contributed by atoms with Crippen LogP contribution in [0.4, 0.5) is 0 Å². The van der Waals surface area contributed by atoms with Gasteiger partial charge in [0.25, 0.3) is 0 Å². The highest BCUT2D eigenvalue weighted by molar-refractivity contribution is 6.33. The summed E-state index contributed by atoms with van der Waals surface area (Å²) in [5.74, 6) is -0.950. The van der Waals surface area contributed by atoms with Crippen molar-refractivity contribution in [3.05, 3.63) is 63.3 Å². The first-order valence-electron chi connectivity index (χ1n) is 6.66. The number of carbonyl (C=O) groups is 1. The van der Waals surface area contributed by atoms with E-state index in [0.29, 0.717) is 16.3 Å². The van der Waals surface area contributed by atoms with Gasteiger partial charge in [-0.1, -0.05) is 23.7 Å². The lowest BCUT2D eigenvalue weighted by molar-refractivity contribution is 0.0694. The Morgan fingerprint density at radius 3 is 2.61 bits per heavy atom. The molecule has 2 aromatic carbocycles. The fourth-order valence-corrected chi connectivity index (χ4v) is 2.55. The molecule has 0 amide bonds. The minimum atomic E-state index is -1.37. The van der Waals surface area contributed by atoms with Gasteiger partial charge in [0.2, 0.25) is 5.43 Å². The molecule has 5 nitrogen and oxygen atoms in total. The van der Waals surface area contributed by atoms with Gasteiger partial charge in [0.05, 0.1) is 17.5 Å². The summed E-state index contributed by atoms with van der Waals surface area (Å²) in [5, 5.41) is 9.89. The third-order valence-corrected chi connectivity index (χ3v) is 3.76. The van der Waals surface area contributed by atoms with Gasteiger partial charge in [0.15, 0.2) is 11.3 Å². The summed E-state index contributed by atoms with van der Waals surface area (Å²) >= 11 is 6.12. The molecule has 0 aliphatic rings. The minimum Gasteiger partial charge on any atom is -0.497 e. The van der Waals surface area contributed by atoms with Crippen LogP contribution in [-0.2, 0) is 0 Å². The van der Waals surface area contributed by atoms with Crippen molar-refractivity contribution in [2.45, 2.75) is 0 Å². The number of rotatable bonds is 3. The number of benzene rings is 2. The van der Waals surface area contributed by atoms with Crippen LogP contribution >= 0.6 is 11.6 Å². The molecule has 0 fully saturated rings. The predicted octanol–water partition coefficient (Wildman–Crippen LogP) is 3.82. The van der Waals surface area contributed by atoms with E-state index in [1.165, 1.54) is 19.2 Å². The van der Waals surface area contributed by atoms with E-state index in [9.17, 15) is 14.7 Å². The van der Waals surface area contributed by atoms with Crippen molar-refractivity contribution in [1.29, 1.82) is 0 Å². The third-order valence-electron chi connectivity index (χ3n) is 3.43. The van der Waals surface area contributed by atoms with E-state index in [1.807, 2.05) is 0 Å². The maximum absolute atomic E-state index is 12.6. The number of methoxy groups -OCH3 is 1. The second kappa shape index (κ2) is 5.78. The Bertz CT molecular complexity index is 974. The Labute approximate surface area is 135 Å². The molecule has 0 aliphatic heterocycles. The summed E-state index contributed by atoms with van der Waals surface area (Å²) in [7, 11) is 1.49. The maximum atomic E-state index is 12.6. The molecule has 3 aromatic rings. The van der Waals surface area contributed by atoms with Gasteiger partial charge < -0.3 is 14.3 Å². The van der Waals surface area contributed by atoms with Crippen molar-refractivity contribution in [2.24, 2.45) is 0 Å². The van der Waals surface area contributed by atoms with Gasteiger partial charge in [-0.05, 0) is 24.3 Å². The minimum absolute atomic E-state index is 0.0751. The average Bonchev–Trinajstić information content (AvgIpc) is 2.54. The largest absolute Gasteiger partial charge is 0.497 e. The summed E-state index contributed by atoms with van der Waals surface area (Å²) < 4.78 is 10.8. The summed E-state index contributed by atoms with van der Waals surface area (Å²) in [5.41, 5.74) is -0.505. The molecule has 0 atom stereocenters. The lowest BCUT2D eigenvalue weighted by atomic mass is 10.0. The molecule has 0 aliphatic carbocycles. The number of ether oxygens (including phenoxy) is 1. The first kappa shape index (κ1) is 15.1. The van der Waals surface area contributed by atoms with Crippen LogP contribution < -0.4 is 10.2 Å². The molecule has 0 saturated carbocycles. The van der Waals surface area contributed by atoms with E-state index in [1.54, 1.807) is 30.3 Å². The topological polar surface area (TPSA) is 76.7 Å². The molecule has 1 heterocycles. The Kier molecular flexibility index (Phi) is 3.80. The average molecular weight is 331 g/mol. The quantitative estimate of drug-likeness (QED) is 0.790. The van der Waals surface area contributed by atoms with E-state index >= 15 is 0 Å². The van der Waals surface area contributed by atoms with Crippen molar-refractivity contribution in [1.82, 2.24) is 0 Å². The smallest absolute Gasteiger partial charge is 0.343 e. The first-order valence-corrected chi connectivity index (χ1v) is 7.03. The SMILES string of the molecule is COc1ccc2c(=O)c(C(=O)O)c(-c3ccccc3Cl)oc2c1. The Balaban J connectivity index is 2.44. The predicted molar refractivity (Wildman–Crippen MR) is 86.4 cm³/mol. The zero-order chi connectivity index (χ0) is 16.6. The van der Waals surface area contributed by atoms with Crippen LogP contribution in [0.15, 0.2) is 51.7 Å². The molecule has 1 aromatic heterocycles. The highest BCUT2D eigenvalue weighted by atomic mass is 35.5. The zero-order valence-corrected chi connectivity index (χ0v) is 12.8. The lowest BCUT2D eigenvalue weighted by Crippen LogP contribution is -2.16. The molecule has 6 heteroatoms. The van der Waals surface area contributed by atoms with E-state index in [0.717, 1.165) is 0 Å². The fourth-order valence-electron chi connectivity index (χ4n) is 2.33. The zero-order valence-electron chi connectivity index (χ0n) is 12.0. The fraction of sp³-hybridized carbons (Fsp3) is 0.0588. The van der Waals surface area contributed by atoms with Crippen molar-refractivity contribution < 1.29 is 19.1 Å². The van der Waals surface area contributed by atoms with Crippen LogP contribution in [0.3, 0.4) is 0 Å².